The Balaban J connectivity index is 2.24. The van der Waals surface area contributed by atoms with E-state index in [0.717, 1.165) is 19.5 Å². The molecule has 128 valence electrons. The molecule has 0 saturated heterocycles. The number of hydrogen-bond donors (Lipinski definition) is 1. The Morgan fingerprint density at radius 2 is 2.00 bits per heavy atom. The van der Waals surface area contributed by atoms with Crippen molar-refractivity contribution in [2.75, 3.05) is 37.7 Å². The van der Waals surface area contributed by atoms with E-state index in [0.29, 0.717) is 17.9 Å². The second-order valence-corrected chi connectivity index (χ2v) is 6.68. The molecule has 0 spiro atoms. The van der Waals surface area contributed by atoms with E-state index < -0.39 is 6.10 Å². The van der Waals surface area contributed by atoms with Crippen LogP contribution in [0, 0.1) is 11.3 Å². The molecule has 1 aromatic carbocycles. The molecule has 0 bridgehead atoms. The standard InChI is InChI=1S/C18H28N2O2S/c1-3-11-23-12-5-10-20(4-2)14-17(21)15-22-18-8-6-16(13-19)7-9-18/h6-9,17,21H,3-5,10-12,14-15H2,1-2H3/t17-/m0/s1. The van der Waals surface area contributed by atoms with Crippen molar-refractivity contribution >= 4 is 11.8 Å². The number of likely N-dealkylation sites (N-methyl/N-ethyl adjacent to an activating group) is 1. The molecule has 23 heavy (non-hydrogen) atoms. The SMILES string of the molecule is CCCSCCCN(CC)C[C@H](O)COc1ccc(C#N)cc1. The van der Waals surface area contributed by atoms with Crippen LogP contribution in [0.4, 0.5) is 0 Å². The van der Waals surface area contributed by atoms with Gasteiger partial charge in [-0.15, -0.1) is 0 Å². The first-order chi connectivity index (χ1) is 11.2. The molecule has 0 aliphatic carbocycles. The number of thioether (sulfide) groups is 1. The van der Waals surface area contributed by atoms with E-state index in [9.17, 15) is 5.11 Å². The van der Waals surface area contributed by atoms with Crippen molar-refractivity contribution in [3.05, 3.63) is 29.8 Å². The predicted octanol–water partition coefficient (Wildman–Crippen LogP) is 3.15. The number of nitriles is 1. The molecule has 4 nitrogen and oxygen atoms in total. The summed E-state index contributed by atoms with van der Waals surface area (Å²) in [7, 11) is 0. The molecule has 0 aromatic heterocycles. The highest BCUT2D eigenvalue weighted by atomic mass is 32.2. The van der Waals surface area contributed by atoms with Crippen molar-refractivity contribution in [2.24, 2.45) is 0 Å². The molecule has 1 N–H and O–H groups in total. The van der Waals surface area contributed by atoms with E-state index in [1.807, 2.05) is 11.8 Å². The lowest BCUT2D eigenvalue weighted by Gasteiger charge is -2.23. The molecule has 0 aliphatic rings. The maximum Gasteiger partial charge on any atom is 0.119 e. The quantitative estimate of drug-likeness (QED) is 0.594. The third kappa shape index (κ3) is 8.85. The monoisotopic (exact) mass is 336 g/mol. The average molecular weight is 337 g/mol. The average Bonchev–Trinajstić information content (AvgIpc) is 2.59. The third-order valence-corrected chi connectivity index (χ3v) is 4.73. The van der Waals surface area contributed by atoms with Crippen LogP contribution in [0.25, 0.3) is 0 Å². The van der Waals surface area contributed by atoms with Crippen LogP contribution < -0.4 is 4.74 Å². The van der Waals surface area contributed by atoms with Gasteiger partial charge in [0.2, 0.25) is 0 Å². The van der Waals surface area contributed by atoms with Crippen LogP contribution in [0.1, 0.15) is 32.3 Å². The minimum Gasteiger partial charge on any atom is -0.491 e. The second-order valence-electron chi connectivity index (χ2n) is 5.46. The molecule has 0 unspecified atom stereocenters. The fourth-order valence-corrected chi connectivity index (χ4v) is 3.01. The van der Waals surface area contributed by atoms with Gasteiger partial charge in [0.25, 0.3) is 0 Å². The van der Waals surface area contributed by atoms with Gasteiger partial charge in [-0.3, -0.25) is 0 Å². The third-order valence-electron chi connectivity index (χ3n) is 3.45. The molecule has 0 amide bonds. The topological polar surface area (TPSA) is 56.5 Å². The Hall–Kier alpha value is -1.22. The molecular weight excluding hydrogens is 308 g/mol. The van der Waals surface area contributed by atoms with Crippen LogP contribution >= 0.6 is 11.8 Å². The summed E-state index contributed by atoms with van der Waals surface area (Å²) in [5.41, 5.74) is 0.607. The molecule has 5 heteroatoms. The minimum atomic E-state index is -0.506. The van der Waals surface area contributed by atoms with Crippen molar-refractivity contribution in [1.29, 1.82) is 5.26 Å². The lowest BCUT2D eigenvalue weighted by atomic mass is 10.2. The van der Waals surface area contributed by atoms with Gasteiger partial charge in [-0.05, 0) is 61.7 Å². The second kappa shape index (κ2) is 12.2. The lowest BCUT2D eigenvalue weighted by molar-refractivity contribution is 0.0700. The number of ether oxygens (including phenoxy) is 1. The fourth-order valence-electron chi connectivity index (χ4n) is 2.18. The molecule has 0 aliphatic heterocycles. The van der Waals surface area contributed by atoms with Crippen LogP contribution in [-0.4, -0.2) is 53.9 Å². The van der Waals surface area contributed by atoms with Crippen LogP contribution in [0.2, 0.25) is 0 Å². The number of hydrogen-bond acceptors (Lipinski definition) is 5. The van der Waals surface area contributed by atoms with Gasteiger partial charge in [-0.1, -0.05) is 13.8 Å². The Kier molecular flexibility index (Phi) is 10.5. The van der Waals surface area contributed by atoms with E-state index in [4.69, 9.17) is 10.00 Å². The normalized spacial score (nSPS) is 12.1. The first-order valence-electron chi connectivity index (χ1n) is 8.30. The van der Waals surface area contributed by atoms with Crippen LogP contribution in [0.5, 0.6) is 5.75 Å². The van der Waals surface area contributed by atoms with Gasteiger partial charge in [0.15, 0.2) is 0 Å². The maximum absolute atomic E-state index is 10.1. The van der Waals surface area contributed by atoms with Gasteiger partial charge < -0.3 is 14.7 Å². The lowest BCUT2D eigenvalue weighted by Crippen LogP contribution is -2.36. The van der Waals surface area contributed by atoms with Gasteiger partial charge >= 0.3 is 0 Å². The van der Waals surface area contributed by atoms with E-state index >= 15 is 0 Å². The van der Waals surface area contributed by atoms with Gasteiger partial charge in [-0.2, -0.15) is 17.0 Å². The molecule has 0 radical (unpaired) electrons. The highest BCUT2D eigenvalue weighted by Crippen LogP contribution is 2.12. The van der Waals surface area contributed by atoms with Crippen molar-refractivity contribution in [2.45, 2.75) is 32.8 Å². The smallest absolute Gasteiger partial charge is 0.119 e. The summed E-state index contributed by atoms with van der Waals surface area (Å²) in [6, 6.07) is 9.02. The zero-order valence-corrected chi connectivity index (χ0v) is 15.0. The first-order valence-corrected chi connectivity index (χ1v) is 9.46. The van der Waals surface area contributed by atoms with Crippen LogP contribution in [-0.2, 0) is 0 Å². The zero-order valence-electron chi connectivity index (χ0n) is 14.2. The molecular formula is C18H28N2O2S. The Morgan fingerprint density at radius 1 is 1.26 bits per heavy atom. The van der Waals surface area contributed by atoms with Crippen molar-refractivity contribution in [3.8, 4) is 11.8 Å². The van der Waals surface area contributed by atoms with E-state index in [1.165, 1.54) is 17.9 Å². The first kappa shape index (κ1) is 19.8. The predicted molar refractivity (Wildman–Crippen MR) is 97.0 cm³/mol. The number of nitrogens with zero attached hydrogens (tertiary/aromatic N) is 2. The summed E-state index contributed by atoms with van der Waals surface area (Å²) >= 11 is 2.00. The summed E-state index contributed by atoms with van der Waals surface area (Å²) in [6.07, 6.45) is 1.88. The zero-order chi connectivity index (χ0) is 16.9. The van der Waals surface area contributed by atoms with Gasteiger partial charge in [0, 0.05) is 6.54 Å². The summed E-state index contributed by atoms with van der Waals surface area (Å²) in [4.78, 5) is 2.26. The van der Waals surface area contributed by atoms with Gasteiger partial charge in [0.05, 0.1) is 11.6 Å². The van der Waals surface area contributed by atoms with Gasteiger partial charge in [0.1, 0.15) is 18.5 Å². The van der Waals surface area contributed by atoms with E-state index in [1.54, 1.807) is 24.3 Å². The number of aliphatic hydroxyl groups excluding tert-OH is 1. The minimum absolute atomic E-state index is 0.271. The Morgan fingerprint density at radius 3 is 2.61 bits per heavy atom. The maximum atomic E-state index is 10.1. The van der Waals surface area contributed by atoms with E-state index in [-0.39, 0.29) is 6.61 Å². The molecule has 0 saturated carbocycles. The molecule has 1 rings (SSSR count). The Labute approximate surface area is 144 Å². The van der Waals surface area contributed by atoms with Crippen LogP contribution in [0.15, 0.2) is 24.3 Å². The van der Waals surface area contributed by atoms with Crippen LogP contribution in [0.3, 0.4) is 0 Å². The van der Waals surface area contributed by atoms with Crippen molar-refractivity contribution in [3.63, 3.8) is 0 Å². The number of rotatable bonds is 12. The largest absolute Gasteiger partial charge is 0.491 e. The highest BCUT2D eigenvalue weighted by Gasteiger charge is 2.11. The summed E-state index contributed by atoms with van der Waals surface area (Å²) in [5, 5.41) is 18.9. The van der Waals surface area contributed by atoms with Gasteiger partial charge in [-0.25, -0.2) is 0 Å². The summed E-state index contributed by atoms with van der Waals surface area (Å²) in [6.45, 7) is 7.18. The summed E-state index contributed by atoms with van der Waals surface area (Å²) in [5.74, 6) is 3.09. The Bertz CT molecular complexity index is 459. The molecule has 0 heterocycles. The number of aliphatic hydroxyl groups is 1. The molecule has 1 aromatic rings. The highest BCUT2D eigenvalue weighted by molar-refractivity contribution is 7.99. The van der Waals surface area contributed by atoms with E-state index in [2.05, 4.69) is 24.8 Å². The molecule has 1 atom stereocenters. The summed E-state index contributed by atoms with van der Waals surface area (Å²) < 4.78 is 5.58. The fraction of sp³-hybridized carbons (Fsp3) is 0.611. The van der Waals surface area contributed by atoms with Crippen molar-refractivity contribution in [1.82, 2.24) is 4.90 Å². The number of benzene rings is 1. The van der Waals surface area contributed by atoms with Crippen molar-refractivity contribution < 1.29 is 9.84 Å². The molecule has 0 fully saturated rings.